The normalized spacial score (nSPS) is 11.0. The van der Waals surface area contributed by atoms with E-state index in [1.165, 1.54) is 18.2 Å². The largest absolute Gasteiger partial charge is 0.478 e. The molecule has 0 aliphatic rings. The quantitative estimate of drug-likeness (QED) is 0.473. The van der Waals surface area contributed by atoms with Crippen LogP contribution in [0.5, 0.6) is 0 Å². The van der Waals surface area contributed by atoms with Gasteiger partial charge in [-0.1, -0.05) is 13.8 Å². The van der Waals surface area contributed by atoms with Crippen LogP contribution in [0.15, 0.2) is 24.3 Å². The predicted molar refractivity (Wildman–Crippen MR) is 82.5 cm³/mol. The molecule has 114 valence electrons. The topological polar surface area (TPSA) is 83.7 Å². The zero-order valence-corrected chi connectivity index (χ0v) is 12.4. The van der Waals surface area contributed by atoms with Crippen LogP contribution >= 0.6 is 0 Å². The van der Waals surface area contributed by atoms with Gasteiger partial charge in [0.15, 0.2) is 0 Å². The standard InChI is InChI=1S/C15H20N2O4/c1-4-12(5-2)16(3)14-8-7-13(17(20)21)10-11(14)6-9-15(18)19/h6-10,12H,4-5H2,1-3H3,(H,18,19)/b9-6+. The number of aliphatic carboxylic acids is 1. The first-order chi connectivity index (χ1) is 9.90. The number of non-ortho nitro benzene ring substituents is 1. The van der Waals surface area contributed by atoms with Crippen LogP contribution in [0.3, 0.4) is 0 Å². The van der Waals surface area contributed by atoms with Gasteiger partial charge in [0.25, 0.3) is 5.69 Å². The molecular weight excluding hydrogens is 272 g/mol. The summed E-state index contributed by atoms with van der Waals surface area (Å²) in [6, 6.07) is 4.79. The highest BCUT2D eigenvalue weighted by molar-refractivity contribution is 5.87. The van der Waals surface area contributed by atoms with Crippen molar-refractivity contribution in [3.8, 4) is 0 Å². The zero-order chi connectivity index (χ0) is 16.0. The molecule has 0 unspecified atom stereocenters. The lowest BCUT2D eigenvalue weighted by Gasteiger charge is -2.29. The number of nitro benzene ring substituents is 1. The zero-order valence-electron chi connectivity index (χ0n) is 12.4. The van der Waals surface area contributed by atoms with E-state index in [2.05, 4.69) is 13.8 Å². The summed E-state index contributed by atoms with van der Waals surface area (Å²) in [5, 5.41) is 19.6. The Kier molecular flexibility index (Phi) is 5.90. The molecule has 0 atom stereocenters. The predicted octanol–water partition coefficient (Wildman–Crippen LogP) is 3.32. The molecule has 6 heteroatoms. The van der Waals surface area contributed by atoms with E-state index in [1.807, 2.05) is 11.9 Å². The van der Waals surface area contributed by atoms with Gasteiger partial charge in [-0.3, -0.25) is 10.1 Å². The second kappa shape index (κ2) is 7.42. The van der Waals surface area contributed by atoms with Gasteiger partial charge in [-0.05, 0) is 25.0 Å². The molecule has 1 aromatic carbocycles. The van der Waals surface area contributed by atoms with E-state index in [0.717, 1.165) is 24.6 Å². The Morgan fingerprint density at radius 2 is 2.05 bits per heavy atom. The van der Waals surface area contributed by atoms with Crippen molar-refractivity contribution < 1.29 is 14.8 Å². The van der Waals surface area contributed by atoms with Crippen molar-refractivity contribution in [3.05, 3.63) is 40.0 Å². The first-order valence-corrected chi connectivity index (χ1v) is 6.82. The van der Waals surface area contributed by atoms with Crippen LogP contribution in [0.2, 0.25) is 0 Å². The summed E-state index contributed by atoms with van der Waals surface area (Å²) in [7, 11) is 1.91. The molecule has 1 N–H and O–H groups in total. The molecule has 0 spiro atoms. The number of hydrogen-bond donors (Lipinski definition) is 1. The lowest BCUT2D eigenvalue weighted by molar-refractivity contribution is -0.384. The summed E-state index contributed by atoms with van der Waals surface area (Å²) in [5.41, 5.74) is 1.26. The average Bonchev–Trinajstić information content (AvgIpc) is 2.45. The van der Waals surface area contributed by atoms with Crippen LogP contribution in [0.4, 0.5) is 11.4 Å². The van der Waals surface area contributed by atoms with Gasteiger partial charge in [-0.15, -0.1) is 0 Å². The van der Waals surface area contributed by atoms with Crippen LogP contribution in [-0.2, 0) is 4.79 Å². The van der Waals surface area contributed by atoms with Gasteiger partial charge in [0, 0.05) is 42.5 Å². The number of rotatable bonds is 7. The van der Waals surface area contributed by atoms with E-state index in [9.17, 15) is 14.9 Å². The van der Waals surface area contributed by atoms with Crippen LogP contribution < -0.4 is 4.90 Å². The minimum atomic E-state index is -1.09. The molecule has 0 saturated heterocycles. The first kappa shape index (κ1) is 16.7. The first-order valence-electron chi connectivity index (χ1n) is 6.82. The number of carbonyl (C=O) groups is 1. The molecular formula is C15H20N2O4. The van der Waals surface area contributed by atoms with Crippen molar-refractivity contribution in [2.45, 2.75) is 32.7 Å². The highest BCUT2D eigenvalue weighted by atomic mass is 16.6. The third kappa shape index (κ3) is 4.30. The molecule has 0 bridgehead atoms. The van der Waals surface area contributed by atoms with E-state index in [0.29, 0.717) is 11.6 Å². The van der Waals surface area contributed by atoms with E-state index in [-0.39, 0.29) is 5.69 Å². The summed E-state index contributed by atoms with van der Waals surface area (Å²) in [4.78, 5) is 23.1. The lowest BCUT2D eigenvalue weighted by atomic mass is 10.1. The fourth-order valence-corrected chi connectivity index (χ4v) is 2.30. The van der Waals surface area contributed by atoms with Crippen LogP contribution in [0.1, 0.15) is 32.3 Å². The van der Waals surface area contributed by atoms with E-state index >= 15 is 0 Å². The minimum absolute atomic E-state index is 0.0539. The number of nitrogens with zero attached hydrogens (tertiary/aromatic N) is 2. The van der Waals surface area contributed by atoms with Gasteiger partial charge >= 0.3 is 5.97 Å². The second-order valence-electron chi connectivity index (χ2n) is 4.75. The summed E-state index contributed by atoms with van der Waals surface area (Å²) in [6.45, 7) is 4.14. The summed E-state index contributed by atoms with van der Waals surface area (Å²) >= 11 is 0. The van der Waals surface area contributed by atoms with Crippen molar-refractivity contribution in [2.24, 2.45) is 0 Å². The molecule has 0 heterocycles. The van der Waals surface area contributed by atoms with Gasteiger partial charge in [0.2, 0.25) is 0 Å². The monoisotopic (exact) mass is 292 g/mol. The highest BCUT2D eigenvalue weighted by Crippen LogP contribution is 2.28. The Labute approximate surface area is 123 Å². The van der Waals surface area contributed by atoms with Crippen LogP contribution in [-0.4, -0.2) is 29.1 Å². The van der Waals surface area contributed by atoms with E-state index in [4.69, 9.17) is 5.11 Å². The molecule has 21 heavy (non-hydrogen) atoms. The summed E-state index contributed by atoms with van der Waals surface area (Å²) < 4.78 is 0. The van der Waals surface area contributed by atoms with Crippen molar-refractivity contribution in [2.75, 3.05) is 11.9 Å². The van der Waals surface area contributed by atoms with Crippen molar-refractivity contribution in [3.63, 3.8) is 0 Å². The molecule has 1 rings (SSSR count). The molecule has 0 radical (unpaired) electrons. The maximum Gasteiger partial charge on any atom is 0.328 e. The Morgan fingerprint density at radius 3 is 2.52 bits per heavy atom. The summed E-state index contributed by atoms with van der Waals surface area (Å²) in [5.74, 6) is -1.09. The average molecular weight is 292 g/mol. The lowest BCUT2D eigenvalue weighted by Crippen LogP contribution is -2.30. The van der Waals surface area contributed by atoms with Crippen molar-refractivity contribution >= 4 is 23.4 Å². The third-order valence-electron chi connectivity index (χ3n) is 3.50. The number of hydrogen-bond acceptors (Lipinski definition) is 4. The fraction of sp³-hybridized carbons (Fsp3) is 0.400. The van der Waals surface area contributed by atoms with E-state index in [1.54, 1.807) is 6.07 Å². The molecule has 0 aliphatic heterocycles. The van der Waals surface area contributed by atoms with Gasteiger partial charge in [-0.25, -0.2) is 4.79 Å². The molecule has 1 aromatic rings. The Morgan fingerprint density at radius 1 is 1.43 bits per heavy atom. The maximum atomic E-state index is 10.9. The molecule has 0 fully saturated rings. The molecule has 0 aliphatic carbocycles. The number of carboxylic acid groups (broad SMARTS) is 1. The fourth-order valence-electron chi connectivity index (χ4n) is 2.30. The van der Waals surface area contributed by atoms with Crippen LogP contribution in [0, 0.1) is 10.1 Å². The number of benzene rings is 1. The Balaban J connectivity index is 3.29. The smallest absolute Gasteiger partial charge is 0.328 e. The van der Waals surface area contributed by atoms with Gasteiger partial charge in [-0.2, -0.15) is 0 Å². The van der Waals surface area contributed by atoms with Gasteiger partial charge in [0.05, 0.1) is 4.92 Å². The number of carboxylic acids is 1. The van der Waals surface area contributed by atoms with Gasteiger partial charge < -0.3 is 10.0 Å². The molecule has 0 saturated carbocycles. The number of anilines is 1. The third-order valence-corrected chi connectivity index (χ3v) is 3.50. The van der Waals surface area contributed by atoms with Crippen molar-refractivity contribution in [1.82, 2.24) is 0 Å². The second-order valence-corrected chi connectivity index (χ2v) is 4.75. The maximum absolute atomic E-state index is 10.9. The van der Waals surface area contributed by atoms with Crippen molar-refractivity contribution in [1.29, 1.82) is 0 Å². The van der Waals surface area contributed by atoms with Crippen LogP contribution in [0.25, 0.3) is 6.08 Å². The summed E-state index contributed by atoms with van der Waals surface area (Å²) in [6.07, 6.45) is 4.25. The SMILES string of the molecule is CCC(CC)N(C)c1ccc([N+](=O)[O-])cc1/C=C/C(=O)O. The Bertz CT molecular complexity index is 551. The molecule has 0 aromatic heterocycles. The van der Waals surface area contributed by atoms with Gasteiger partial charge in [0.1, 0.15) is 0 Å². The molecule has 0 amide bonds. The minimum Gasteiger partial charge on any atom is -0.478 e. The van der Waals surface area contributed by atoms with E-state index < -0.39 is 10.9 Å². The Hall–Kier alpha value is -2.37. The molecule has 6 nitrogen and oxygen atoms in total. The highest BCUT2D eigenvalue weighted by Gasteiger charge is 2.16. The number of nitro groups is 1.